The summed E-state index contributed by atoms with van der Waals surface area (Å²) in [5, 5.41) is 18.8. The number of carbonyl (C=O) groups excluding carboxylic acids is 2. The fourth-order valence-corrected chi connectivity index (χ4v) is 9.41. The van der Waals surface area contributed by atoms with Crippen LogP contribution in [0.15, 0.2) is 11.8 Å². The van der Waals surface area contributed by atoms with Crippen LogP contribution in [-0.4, -0.2) is 144 Å². The number of amides is 1. The molecular formula is C32H50FN7O6. The highest BCUT2D eigenvalue weighted by Crippen LogP contribution is 2.47. The number of nitro groups is 1. The average molecular weight is 648 g/mol. The van der Waals surface area contributed by atoms with Crippen LogP contribution in [0.25, 0.3) is 0 Å². The molecule has 0 aromatic carbocycles. The number of fused-ring (bicyclic) bond motifs is 4. The Labute approximate surface area is 269 Å². The van der Waals surface area contributed by atoms with E-state index in [2.05, 4.69) is 20.4 Å². The summed E-state index contributed by atoms with van der Waals surface area (Å²) in [4.78, 5) is 45.1. The number of carbonyl (C=O) groups is 2. The van der Waals surface area contributed by atoms with Crippen LogP contribution in [0.3, 0.4) is 0 Å². The molecule has 1 amide bonds. The lowest BCUT2D eigenvalue weighted by atomic mass is 9.69. The number of morpholine rings is 2. The Hall–Kier alpha value is -2.23. The van der Waals surface area contributed by atoms with Crippen molar-refractivity contribution in [1.82, 2.24) is 25.3 Å². The Morgan fingerprint density at radius 1 is 1.13 bits per heavy atom. The van der Waals surface area contributed by atoms with E-state index in [-0.39, 0.29) is 71.1 Å². The van der Waals surface area contributed by atoms with Crippen LogP contribution < -0.4 is 16.4 Å². The molecule has 6 fully saturated rings. The minimum absolute atomic E-state index is 0.00630. The maximum absolute atomic E-state index is 16.1. The number of likely N-dealkylation sites (tertiary alicyclic amines) is 1. The highest BCUT2D eigenvalue weighted by molar-refractivity contribution is 6.20. The zero-order chi connectivity index (χ0) is 32.3. The van der Waals surface area contributed by atoms with Crippen LogP contribution in [0.5, 0.6) is 0 Å². The summed E-state index contributed by atoms with van der Waals surface area (Å²) in [5.74, 6) is -1.32. The molecule has 13 atom stereocenters. The van der Waals surface area contributed by atoms with E-state index in [4.69, 9.17) is 15.2 Å². The molecule has 0 spiro atoms. The monoisotopic (exact) mass is 647 g/mol. The fourth-order valence-electron chi connectivity index (χ4n) is 9.41. The van der Waals surface area contributed by atoms with Crippen LogP contribution in [0.2, 0.25) is 0 Å². The van der Waals surface area contributed by atoms with Gasteiger partial charge < -0.3 is 40.5 Å². The Morgan fingerprint density at radius 2 is 1.93 bits per heavy atom. The first-order valence-corrected chi connectivity index (χ1v) is 17.4. The summed E-state index contributed by atoms with van der Waals surface area (Å²) >= 11 is 0. The lowest BCUT2D eigenvalue weighted by Gasteiger charge is -2.61. The number of nitrogens with one attached hydrogen (secondary N) is 2. The second-order valence-electron chi connectivity index (χ2n) is 15.0. The van der Waals surface area contributed by atoms with Crippen molar-refractivity contribution >= 4 is 11.7 Å². The predicted molar refractivity (Wildman–Crippen MR) is 166 cm³/mol. The van der Waals surface area contributed by atoms with Gasteiger partial charge in [-0.15, -0.1) is 0 Å². The van der Waals surface area contributed by atoms with Crippen molar-refractivity contribution in [2.45, 2.75) is 131 Å². The molecule has 3 saturated carbocycles. The van der Waals surface area contributed by atoms with E-state index in [1.165, 1.54) is 0 Å². The highest BCUT2D eigenvalue weighted by Gasteiger charge is 2.61. The Kier molecular flexibility index (Phi) is 9.13. The van der Waals surface area contributed by atoms with Crippen molar-refractivity contribution in [2.75, 3.05) is 40.3 Å². The molecule has 14 heteroatoms. The predicted octanol–water partition coefficient (Wildman–Crippen LogP) is 0.194. The zero-order valence-corrected chi connectivity index (χ0v) is 27.0. The van der Waals surface area contributed by atoms with Gasteiger partial charge in [-0.3, -0.25) is 19.7 Å². The molecule has 3 saturated heterocycles. The van der Waals surface area contributed by atoms with Crippen LogP contribution >= 0.6 is 0 Å². The van der Waals surface area contributed by atoms with Gasteiger partial charge in [-0.25, -0.2) is 4.39 Å². The van der Waals surface area contributed by atoms with Gasteiger partial charge in [0.1, 0.15) is 6.17 Å². The molecule has 0 radical (unpaired) electrons. The van der Waals surface area contributed by atoms with Crippen molar-refractivity contribution in [3.05, 3.63) is 21.9 Å². The van der Waals surface area contributed by atoms with Gasteiger partial charge in [0, 0.05) is 61.1 Å². The molecule has 0 aromatic rings. The number of hydrogen-bond acceptors (Lipinski definition) is 11. The van der Waals surface area contributed by atoms with E-state index < -0.39 is 36.3 Å². The quantitative estimate of drug-likeness (QED) is 0.143. The number of halogens is 1. The van der Waals surface area contributed by atoms with E-state index in [1.807, 2.05) is 14.1 Å². The molecule has 7 aliphatic rings. The minimum atomic E-state index is -1.29. The number of nitrogens with two attached hydrogens (primary N) is 1. The Balaban J connectivity index is 1.16. The lowest BCUT2D eigenvalue weighted by molar-refractivity contribution is -0.529. The third-order valence-corrected chi connectivity index (χ3v) is 11.7. The smallest absolute Gasteiger partial charge is 0.259 e. The van der Waals surface area contributed by atoms with Crippen LogP contribution in [0.4, 0.5) is 4.39 Å². The van der Waals surface area contributed by atoms with E-state index in [0.29, 0.717) is 58.2 Å². The molecule has 12 unspecified atom stereocenters. The summed E-state index contributed by atoms with van der Waals surface area (Å²) in [6, 6.07) is -1.78. The van der Waals surface area contributed by atoms with Crippen molar-refractivity contribution in [2.24, 2.45) is 11.7 Å². The fraction of sp³-hybridized carbons (Fsp3) is 0.875. The largest absolute Gasteiger partial charge is 0.371 e. The average Bonchev–Trinajstić information content (AvgIpc) is 3.46. The molecule has 4 aliphatic heterocycles. The van der Waals surface area contributed by atoms with E-state index in [1.54, 1.807) is 11.1 Å². The van der Waals surface area contributed by atoms with Crippen molar-refractivity contribution in [3.8, 4) is 0 Å². The first-order valence-electron chi connectivity index (χ1n) is 17.4. The number of unbranched alkanes of at least 4 members (excludes halogenated alkanes) is 1. The van der Waals surface area contributed by atoms with Crippen LogP contribution in [-0.2, 0) is 19.1 Å². The molecule has 0 aromatic heterocycles. The van der Waals surface area contributed by atoms with Gasteiger partial charge in [-0.1, -0.05) is 0 Å². The number of ketones is 1. The van der Waals surface area contributed by atoms with E-state index in [0.717, 1.165) is 19.4 Å². The molecule has 256 valence electrons. The summed E-state index contributed by atoms with van der Waals surface area (Å²) in [6.45, 7) is 2.51. The maximum atomic E-state index is 16.1. The summed E-state index contributed by atoms with van der Waals surface area (Å²) in [7, 11) is 4.08. The summed E-state index contributed by atoms with van der Waals surface area (Å²) < 4.78 is 29.6. The molecular weight excluding hydrogens is 597 g/mol. The molecule has 0 bridgehead atoms. The SMILES string of the molecule is CN(C)CCCCNC1C(F)CC2C(=O)C(C(=O)N3CC[C@H](N)C3)=CN3C4CC5OC6CC([N+](=O)[O-])CCC6NC5CC4OC1C23. The summed E-state index contributed by atoms with van der Waals surface area (Å²) in [6.07, 6.45) is 4.68. The second kappa shape index (κ2) is 13.0. The highest BCUT2D eigenvalue weighted by atomic mass is 19.1. The third kappa shape index (κ3) is 5.98. The van der Waals surface area contributed by atoms with Gasteiger partial charge in [0.15, 0.2) is 5.78 Å². The Bertz CT molecular complexity index is 1220. The van der Waals surface area contributed by atoms with Crippen LogP contribution in [0, 0.1) is 16.0 Å². The third-order valence-electron chi connectivity index (χ3n) is 11.7. The first-order chi connectivity index (χ1) is 22.1. The number of ether oxygens (including phenoxy) is 2. The topological polar surface area (TPSA) is 156 Å². The van der Waals surface area contributed by atoms with Gasteiger partial charge in [0.05, 0.1) is 48.1 Å². The lowest BCUT2D eigenvalue weighted by Crippen LogP contribution is -2.75. The van der Waals surface area contributed by atoms with Gasteiger partial charge in [0.25, 0.3) is 5.91 Å². The number of alkyl halides is 1. The van der Waals surface area contributed by atoms with Gasteiger partial charge in [-0.2, -0.15) is 0 Å². The number of Topliss-reactive ketones (excluding diaryl/α,β-unsaturated/α-hetero) is 1. The first kappa shape index (κ1) is 32.3. The molecule has 46 heavy (non-hydrogen) atoms. The number of rotatable bonds is 8. The van der Waals surface area contributed by atoms with Gasteiger partial charge in [-0.05, 0) is 72.1 Å². The van der Waals surface area contributed by atoms with Gasteiger partial charge >= 0.3 is 0 Å². The molecule has 13 nitrogen and oxygen atoms in total. The second-order valence-corrected chi connectivity index (χ2v) is 15.0. The van der Waals surface area contributed by atoms with Gasteiger partial charge in [0.2, 0.25) is 6.04 Å². The van der Waals surface area contributed by atoms with Crippen molar-refractivity contribution in [1.29, 1.82) is 0 Å². The standard InChI is InChI=1S/C32H50FN7O6/c1-37(2)9-4-3-8-35-28-21(33)12-19-29-31(28)46-27-13-23-26(45-25-11-18(40(43)44)5-6-22(25)36-23)14-24(27)39(29)16-20(30(19)41)32(42)38-10-7-17(34)15-38/h16-19,21-29,31,35-36H,3-15,34H2,1-2H3/t17-,18?,19?,21?,22?,23?,24?,25?,26?,27?,28?,29?,31?/m0/s1. The zero-order valence-electron chi connectivity index (χ0n) is 27.0. The molecule has 4 N–H and O–H groups in total. The van der Waals surface area contributed by atoms with Crippen LogP contribution in [0.1, 0.15) is 57.8 Å². The number of hydrogen-bond donors (Lipinski definition) is 3. The maximum Gasteiger partial charge on any atom is 0.259 e. The molecule has 3 aliphatic carbocycles. The number of nitrogens with zero attached hydrogens (tertiary/aromatic N) is 4. The van der Waals surface area contributed by atoms with E-state index in [9.17, 15) is 19.7 Å². The normalized spacial score (nSPS) is 43.4. The van der Waals surface area contributed by atoms with Crippen molar-refractivity contribution < 1.29 is 28.4 Å². The van der Waals surface area contributed by atoms with E-state index >= 15 is 4.39 Å². The Morgan fingerprint density at radius 3 is 2.67 bits per heavy atom. The van der Waals surface area contributed by atoms with Crippen molar-refractivity contribution in [3.63, 3.8) is 0 Å². The molecule has 4 heterocycles. The minimum Gasteiger partial charge on any atom is -0.371 e. The molecule has 7 rings (SSSR count). The summed E-state index contributed by atoms with van der Waals surface area (Å²) in [5.41, 5.74) is 6.22.